The highest BCUT2D eigenvalue weighted by molar-refractivity contribution is 7.88. The molecule has 0 radical (unpaired) electrons. The molecule has 6 nitrogen and oxygen atoms in total. The number of aryl methyl sites for hydroxylation is 1. The van der Waals surface area contributed by atoms with Crippen molar-refractivity contribution < 1.29 is 13.2 Å². The number of hydrogen-bond acceptors (Lipinski definition) is 4. The van der Waals surface area contributed by atoms with Gasteiger partial charge in [-0.3, -0.25) is 4.79 Å². The summed E-state index contributed by atoms with van der Waals surface area (Å²) in [6, 6.07) is 8.56. The van der Waals surface area contributed by atoms with Gasteiger partial charge in [-0.15, -0.1) is 0 Å². The first-order valence-electron chi connectivity index (χ1n) is 9.20. The fourth-order valence-corrected chi connectivity index (χ4v) is 4.28. The molecule has 7 heteroatoms. The number of nitrogens with zero attached hydrogens (tertiary/aromatic N) is 2. The van der Waals surface area contributed by atoms with Gasteiger partial charge < -0.3 is 10.2 Å². The van der Waals surface area contributed by atoms with Crippen molar-refractivity contribution in [1.29, 1.82) is 0 Å². The van der Waals surface area contributed by atoms with Crippen molar-refractivity contribution in [3.8, 4) is 0 Å². The van der Waals surface area contributed by atoms with E-state index < -0.39 is 10.0 Å². The molecule has 2 rings (SSSR count). The zero-order chi connectivity index (χ0) is 19.3. The van der Waals surface area contributed by atoms with Crippen LogP contribution in [0.5, 0.6) is 0 Å². The number of sulfonamides is 1. The fourth-order valence-electron chi connectivity index (χ4n) is 3.37. The number of nitrogens with one attached hydrogen (secondary N) is 1. The van der Waals surface area contributed by atoms with Crippen LogP contribution in [0, 0.1) is 5.92 Å². The Labute approximate surface area is 157 Å². The molecule has 0 saturated carbocycles. The van der Waals surface area contributed by atoms with E-state index in [0.29, 0.717) is 13.1 Å². The van der Waals surface area contributed by atoms with Gasteiger partial charge in [-0.1, -0.05) is 31.2 Å². The molecular formula is C19H31N3O3S. The molecule has 0 bridgehead atoms. The molecule has 1 saturated heterocycles. The van der Waals surface area contributed by atoms with Gasteiger partial charge in [0.1, 0.15) is 0 Å². The van der Waals surface area contributed by atoms with Crippen molar-refractivity contribution >= 4 is 15.9 Å². The van der Waals surface area contributed by atoms with Crippen LogP contribution in [0.2, 0.25) is 0 Å². The van der Waals surface area contributed by atoms with E-state index in [9.17, 15) is 13.2 Å². The molecule has 0 aliphatic carbocycles. The van der Waals surface area contributed by atoms with Gasteiger partial charge in [-0.25, -0.2) is 12.7 Å². The lowest BCUT2D eigenvalue weighted by Gasteiger charge is -2.31. The molecule has 0 spiro atoms. The second-order valence-electron chi connectivity index (χ2n) is 7.28. The van der Waals surface area contributed by atoms with E-state index in [0.717, 1.165) is 24.8 Å². The summed E-state index contributed by atoms with van der Waals surface area (Å²) >= 11 is 0. The second kappa shape index (κ2) is 8.97. The molecule has 2 unspecified atom stereocenters. The van der Waals surface area contributed by atoms with Gasteiger partial charge in [0.2, 0.25) is 15.9 Å². The summed E-state index contributed by atoms with van der Waals surface area (Å²) in [5.41, 5.74) is 2.45. The minimum Gasteiger partial charge on any atom is -0.354 e. The molecule has 26 heavy (non-hydrogen) atoms. The Hall–Kier alpha value is -1.44. The van der Waals surface area contributed by atoms with Crippen molar-refractivity contribution in [1.82, 2.24) is 14.5 Å². The van der Waals surface area contributed by atoms with E-state index in [4.69, 9.17) is 0 Å². The van der Waals surface area contributed by atoms with Crippen molar-refractivity contribution in [2.24, 2.45) is 5.92 Å². The molecule has 1 fully saturated rings. The Morgan fingerprint density at radius 1 is 1.31 bits per heavy atom. The van der Waals surface area contributed by atoms with E-state index in [1.165, 1.54) is 16.1 Å². The molecule has 1 aliphatic heterocycles. The third-order valence-corrected chi connectivity index (χ3v) is 6.36. The summed E-state index contributed by atoms with van der Waals surface area (Å²) < 4.78 is 24.9. The number of carbonyl (C=O) groups excluding carboxylic acids is 1. The fraction of sp³-hybridized carbons (Fsp3) is 0.632. The lowest BCUT2D eigenvalue weighted by molar-refractivity contribution is -0.126. The Kier molecular flexibility index (Phi) is 7.20. The number of amides is 1. The van der Waals surface area contributed by atoms with Crippen LogP contribution in [-0.2, 0) is 21.2 Å². The predicted octanol–water partition coefficient (Wildman–Crippen LogP) is 1.64. The first kappa shape index (κ1) is 20.9. The molecular weight excluding hydrogens is 350 g/mol. The summed E-state index contributed by atoms with van der Waals surface area (Å²) in [6.45, 7) is 3.42. The number of benzene rings is 1. The van der Waals surface area contributed by atoms with Gasteiger partial charge in [-0.05, 0) is 44.5 Å². The predicted molar refractivity (Wildman–Crippen MR) is 104 cm³/mol. The van der Waals surface area contributed by atoms with Crippen LogP contribution < -0.4 is 5.32 Å². The first-order valence-corrected chi connectivity index (χ1v) is 11.0. The maximum absolute atomic E-state index is 12.6. The third-order valence-electron chi connectivity index (χ3n) is 5.09. The largest absolute Gasteiger partial charge is 0.354 e. The summed E-state index contributed by atoms with van der Waals surface area (Å²) in [7, 11) is 0.752. The quantitative estimate of drug-likeness (QED) is 0.780. The normalized spacial score (nSPS) is 20.1. The average molecular weight is 382 g/mol. The third kappa shape index (κ3) is 5.53. The number of rotatable bonds is 7. The van der Waals surface area contributed by atoms with Gasteiger partial charge in [-0.2, -0.15) is 0 Å². The van der Waals surface area contributed by atoms with Crippen LogP contribution in [-0.4, -0.2) is 63.5 Å². The van der Waals surface area contributed by atoms with E-state index in [1.807, 2.05) is 14.1 Å². The molecule has 1 aromatic rings. The van der Waals surface area contributed by atoms with Crippen LogP contribution in [0.3, 0.4) is 0 Å². The number of hydrogen-bond donors (Lipinski definition) is 1. The Balaban J connectivity index is 1.98. The van der Waals surface area contributed by atoms with Crippen molar-refractivity contribution in [3.05, 3.63) is 35.4 Å². The monoisotopic (exact) mass is 381 g/mol. The lowest BCUT2D eigenvalue weighted by atomic mass is 9.98. The number of carbonyl (C=O) groups is 1. The van der Waals surface area contributed by atoms with Crippen LogP contribution in [0.25, 0.3) is 0 Å². The summed E-state index contributed by atoms with van der Waals surface area (Å²) in [5, 5.41) is 3.03. The van der Waals surface area contributed by atoms with Gasteiger partial charge >= 0.3 is 0 Å². The van der Waals surface area contributed by atoms with E-state index in [2.05, 4.69) is 41.4 Å². The molecule has 1 amide bonds. The molecule has 1 N–H and O–H groups in total. The van der Waals surface area contributed by atoms with E-state index >= 15 is 0 Å². The average Bonchev–Trinajstić information content (AvgIpc) is 2.61. The number of piperidine rings is 1. The van der Waals surface area contributed by atoms with Gasteiger partial charge in [0, 0.05) is 19.6 Å². The minimum absolute atomic E-state index is 0.0598. The minimum atomic E-state index is -3.24. The zero-order valence-electron chi connectivity index (χ0n) is 16.2. The maximum Gasteiger partial charge on any atom is 0.224 e. The van der Waals surface area contributed by atoms with Crippen molar-refractivity contribution in [2.45, 2.75) is 32.2 Å². The highest BCUT2D eigenvalue weighted by atomic mass is 32.2. The van der Waals surface area contributed by atoms with Crippen molar-refractivity contribution in [3.63, 3.8) is 0 Å². The van der Waals surface area contributed by atoms with Crippen LogP contribution in [0.15, 0.2) is 24.3 Å². The summed E-state index contributed by atoms with van der Waals surface area (Å²) in [6.07, 6.45) is 3.66. The zero-order valence-corrected chi connectivity index (χ0v) is 17.1. The highest BCUT2D eigenvalue weighted by Gasteiger charge is 2.30. The Morgan fingerprint density at radius 3 is 2.50 bits per heavy atom. The van der Waals surface area contributed by atoms with Crippen LogP contribution in [0.1, 0.15) is 36.9 Å². The van der Waals surface area contributed by atoms with Crippen LogP contribution >= 0.6 is 0 Å². The van der Waals surface area contributed by atoms with Crippen LogP contribution in [0.4, 0.5) is 0 Å². The smallest absolute Gasteiger partial charge is 0.224 e. The van der Waals surface area contributed by atoms with E-state index in [-0.39, 0.29) is 24.4 Å². The van der Waals surface area contributed by atoms with Crippen molar-refractivity contribution in [2.75, 3.05) is 40.0 Å². The molecule has 1 aliphatic rings. The summed E-state index contributed by atoms with van der Waals surface area (Å²) in [5.74, 6) is -0.334. The Morgan fingerprint density at radius 2 is 1.96 bits per heavy atom. The summed E-state index contributed by atoms with van der Waals surface area (Å²) in [4.78, 5) is 14.7. The SMILES string of the molecule is CCc1ccc(C(CNC(=O)C2CCCN(S(C)(=O)=O)C2)N(C)C)cc1. The standard InChI is InChI=1S/C19H31N3O3S/c1-5-15-8-10-16(11-9-15)18(21(2)3)13-20-19(23)17-7-6-12-22(14-17)26(4,24)25/h8-11,17-18H,5-7,12-14H2,1-4H3,(H,20,23). The molecule has 146 valence electrons. The molecule has 1 aromatic carbocycles. The lowest BCUT2D eigenvalue weighted by Crippen LogP contribution is -2.46. The highest BCUT2D eigenvalue weighted by Crippen LogP contribution is 2.21. The van der Waals surface area contributed by atoms with Gasteiger partial charge in [0.25, 0.3) is 0 Å². The second-order valence-corrected chi connectivity index (χ2v) is 9.26. The van der Waals surface area contributed by atoms with E-state index in [1.54, 1.807) is 0 Å². The topological polar surface area (TPSA) is 69.7 Å². The maximum atomic E-state index is 12.6. The molecule has 0 aromatic heterocycles. The van der Waals surface area contributed by atoms with Gasteiger partial charge in [0.15, 0.2) is 0 Å². The molecule has 2 atom stereocenters. The number of likely N-dealkylation sites (N-methyl/N-ethyl adjacent to an activating group) is 1. The first-order chi connectivity index (χ1) is 12.2. The Bertz CT molecular complexity index is 701. The molecule has 1 heterocycles. The van der Waals surface area contributed by atoms with Gasteiger partial charge in [0.05, 0.1) is 18.2 Å².